The molecule has 0 bridgehead atoms. The first-order chi connectivity index (χ1) is 8.58. The summed E-state index contributed by atoms with van der Waals surface area (Å²) < 4.78 is 5.21. The van der Waals surface area contributed by atoms with Crippen molar-refractivity contribution in [2.75, 3.05) is 24.3 Å². The Morgan fingerprint density at radius 1 is 1.56 bits per heavy atom. The van der Waals surface area contributed by atoms with Gasteiger partial charge in [0.1, 0.15) is 5.75 Å². The van der Waals surface area contributed by atoms with E-state index in [4.69, 9.17) is 10.5 Å². The first-order valence-electron chi connectivity index (χ1n) is 5.72. The molecular formula is C13H16N2O2S. The van der Waals surface area contributed by atoms with E-state index in [1.165, 1.54) is 11.8 Å². The van der Waals surface area contributed by atoms with Gasteiger partial charge in [-0.25, -0.2) is 0 Å². The van der Waals surface area contributed by atoms with Gasteiger partial charge in [0, 0.05) is 12.6 Å². The second-order valence-electron chi connectivity index (χ2n) is 3.97. The average molecular weight is 264 g/mol. The number of thioether (sulfide) groups is 1. The maximum atomic E-state index is 11.2. The quantitative estimate of drug-likeness (QED) is 0.672. The molecule has 0 fully saturated rings. The second-order valence-corrected chi connectivity index (χ2v) is 5.00. The maximum absolute atomic E-state index is 11.2. The fourth-order valence-electron chi connectivity index (χ4n) is 1.95. The van der Waals surface area contributed by atoms with Crippen LogP contribution >= 0.6 is 11.8 Å². The molecule has 1 aliphatic heterocycles. The molecule has 1 aromatic carbocycles. The Bertz CT molecular complexity index is 526. The smallest absolute Gasteiger partial charge is 0.155 e. The Balaban J connectivity index is 2.51. The van der Waals surface area contributed by atoms with Gasteiger partial charge in [-0.15, -0.1) is 0 Å². The number of carbonyl (C=O) groups excluding carboxylic acids is 1. The molecule has 0 unspecified atom stereocenters. The van der Waals surface area contributed by atoms with Crippen molar-refractivity contribution in [2.45, 2.75) is 18.7 Å². The normalized spacial score (nSPS) is 15.9. The number of nitrogens with zero attached hydrogens (tertiary/aromatic N) is 1. The highest BCUT2D eigenvalue weighted by Gasteiger charge is 2.27. The van der Waals surface area contributed by atoms with Gasteiger partial charge in [-0.05, 0) is 26.0 Å². The fourth-order valence-corrected chi connectivity index (χ4v) is 3.22. The van der Waals surface area contributed by atoms with E-state index in [-0.39, 0.29) is 5.78 Å². The SMILES string of the molecule is CCN1/C(=C\C(C)=O)Sc2c1ccc(OC)c2N. The van der Waals surface area contributed by atoms with Crippen LogP contribution in [0.25, 0.3) is 0 Å². The third-order valence-electron chi connectivity index (χ3n) is 2.76. The van der Waals surface area contributed by atoms with Crippen LogP contribution in [0.5, 0.6) is 5.75 Å². The van der Waals surface area contributed by atoms with Gasteiger partial charge in [0.05, 0.1) is 28.4 Å². The molecule has 2 N–H and O–H groups in total. The molecule has 0 saturated carbocycles. The van der Waals surface area contributed by atoms with Gasteiger partial charge in [0.25, 0.3) is 0 Å². The predicted molar refractivity (Wildman–Crippen MR) is 75.0 cm³/mol. The molecule has 0 spiro atoms. The van der Waals surface area contributed by atoms with Gasteiger partial charge in [-0.3, -0.25) is 4.79 Å². The zero-order valence-electron chi connectivity index (χ0n) is 10.7. The van der Waals surface area contributed by atoms with Gasteiger partial charge in [0.15, 0.2) is 5.78 Å². The van der Waals surface area contributed by atoms with E-state index < -0.39 is 0 Å². The summed E-state index contributed by atoms with van der Waals surface area (Å²) in [6.07, 6.45) is 1.64. The number of fused-ring (bicyclic) bond motifs is 1. The molecule has 4 nitrogen and oxygen atoms in total. The molecule has 0 aliphatic carbocycles. The minimum Gasteiger partial charge on any atom is -0.495 e. The van der Waals surface area contributed by atoms with E-state index in [9.17, 15) is 4.79 Å². The highest BCUT2D eigenvalue weighted by Crippen LogP contribution is 2.51. The molecule has 18 heavy (non-hydrogen) atoms. The number of anilines is 2. The van der Waals surface area contributed by atoms with E-state index in [1.54, 1.807) is 20.1 Å². The third kappa shape index (κ3) is 2.06. The first kappa shape index (κ1) is 12.8. The van der Waals surface area contributed by atoms with E-state index in [0.717, 1.165) is 22.2 Å². The zero-order valence-corrected chi connectivity index (χ0v) is 11.5. The maximum Gasteiger partial charge on any atom is 0.155 e. The Kier molecular flexibility index (Phi) is 3.52. The Labute approximate surface area is 111 Å². The molecule has 0 saturated heterocycles. The third-order valence-corrected chi connectivity index (χ3v) is 3.94. The molecule has 5 heteroatoms. The fraction of sp³-hybridized carbons (Fsp3) is 0.308. The summed E-state index contributed by atoms with van der Waals surface area (Å²) in [5, 5.41) is 0.917. The number of benzene rings is 1. The molecule has 0 atom stereocenters. The molecule has 0 aromatic heterocycles. The number of nitrogens with two attached hydrogens (primary N) is 1. The Hall–Kier alpha value is -1.62. The number of carbonyl (C=O) groups is 1. The summed E-state index contributed by atoms with van der Waals surface area (Å²) in [6.45, 7) is 4.39. The van der Waals surface area contributed by atoms with Gasteiger partial charge < -0.3 is 15.4 Å². The van der Waals surface area contributed by atoms with Crippen LogP contribution in [0.3, 0.4) is 0 Å². The van der Waals surface area contributed by atoms with E-state index in [2.05, 4.69) is 4.90 Å². The van der Waals surface area contributed by atoms with Crippen LogP contribution in [0.4, 0.5) is 11.4 Å². The van der Waals surface area contributed by atoms with Gasteiger partial charge in [-0.1, -0.05) is 11.8 Å². The van der Waals surface area contributed by atoms with E-state index >= 15 is 0 Å². The molecule has 96 valence electrons. The van der Waals surface area contributed by atoms with Crippen LogP contribution in [0.2, 0.25) is 0 Å². The molecule has 0 radical (unpaired) electrons. The van der Waals surface area contributed by atoms with Gasteiger partial charge >= 0.3 is 0 Å². The van der Waals surface area contributed by atoms with E-state index in [0.29, 0.717) is 11.4 Å². The zero-order chi connectivity index (χ0) is 13.3. The van der Waals surface area contributed by atoms with E-state index in [1.807, 2.05) is 19.1 Å². The van der Waals surface area contributed by atoms with Crippen molar-refractivity contribution in [2.24, 2.45) is 0 Å². The Morgan fingerprint density at radius 2 is 2.28 bits per heavy atom. The lowest BCUT2D eigenvalue weighted by Gasteiger charge is -2.18. The van der Waals surface area contributed by atoms with Crippen molar-refractivity contribution in [3.8, 4) is 5.75 Å². The van der Waals surface area contributed by atoms with Crippen molar-refractivity contribution in [1.29, 1.82) is 0 Å². The number of ether oxygens (including phenoxy) is 1. The number of hydrogen-bond acceptors (Lipinski definition) is 5. The van der Waals surface area contributed by atoms with Crippen molar-refractivity contribution in [3.63, 3.8) is 0 Å². The van der Waals surface area contributed by atoms with Crippen molar-refractivity contribution in [1.82, 2.24) is 0 Å². The minimum absolute atomic E-state index is 0.0364. The predicted octanol–water partition coefficient (Wildman–Crippen LogP) is 2.64. The largest absolute Gasteiger partial charge is 0.495 e. The number of methoxy groups -OCH3 is 1. The molecule has 1 aromatic rings. The summed E-state index contributed by atoms with van der Waals surface area (Å²) in [6, 6.07) is 3.83. The summed E-state index contributed by atoms with van der Waals surface area (Å²) in [5.41, 5.74) is 7.74. The second kappa shape index (κ2) is 4.94. The average Bonchev–Trinajstić information content (AvgIpc) is 2.67. The first-order valence-corrected chi connectivity index (χ1v) is 6.54. The van der Waals surface area contributed by atoms with Crippen molar-refractivity contribution < 1.29 is 9.53 Å². The topological polar surface area (TPSA) is 55.6 Å². The van der Waals surface area contributed by atoms with Crippen LogP contribution in [-0.2, 0) is 4.79 Å². The van der Waals surface area contributed by atoms with Crippen LogP contribution in [0, 0.1) is 0 Å². The number of hydrogen-bond donors (Lipinski definition) is 1. The van der Waals surface area contributed by atoms with Crippen LogP contribution in [0.15, 0.2) is 28.1 Å². The highest BCUT2D eigenvalue weighted by molar-refractivity contribution is 8.04. The van der Waals surface area contributed by atoms with Crippen LogP contribution in [-0.4, -0.2) is 19.4 Å². The monoisotopic (exact) mass is 264 g/mol. The highest BCUT2D eigenvalue weighted by atomic mass is 32.2. The molecule has 2 rings (SSSR count). The van der Waals surface area contributed by atoms with Gasteiger partial charge in [0.2, 0.25) is 0 Å². The standard InChI is InChI=1S/C13H16N2O2S/c1-4-15-9-5-6-10(17-3)12(14)13(9)18-11(15)7-8(2)16/h5-7H,4,14H2,1-3H3/b11-7+. The van der Waals surface area contributed by atoms with Crippen LogP contribution < -0.4 is 15.4 Å². The lowest BCUT2D eigenvalue weighted by molar-refractivity contribution is -0.112. The number of nitrogen functional groups attached to an aromatic ring is 1. The van der Waals surface area contributed by atoms with Crippen LogP contribution in [0.1, 0.15) is 13.8 Å². The van der Waals surface area contributed by atoms with Crippen molar-refractivity contribution >= 4 is 28.9 Å². The summed E-state index contributed by atoms with van der Waals surface area (Å²) in [4.78, 5) is 14.3. The number of allylic oxidation sites excluding steroid dienone is 1. The summed E-state index contributed by atoms with van der Waals surface area (Å²) in [7, 11) is 1.60. The number of rotatable bonds is 3. The summed E-state index contributed by atoms with van der Waals surface area (Å²) in [5.74, 6) is 0.704. The molecular weight excluding hydrogens is 248 g/mol. The minimum atomic E-state index is 0.0364. The lowest BCUT2D eigenvalue weighted by atomic mass is 10.2. The molecule has 1 aliphatic rings. The molecule has 0 amide bonds. The number of ketones is 1. The molecule has 1 heterocycles. The van der Waals surface area contributed by atoms with Crippen molar-refractivity contribution in [3.05, 3.63) is 23.2 Å². The van der Waals surface area contributed by atoms with Gasteiger partial charge in [-0.2, -0.15) is 0 Å². The Morgan fingerprint density at radius 3 is 2.83 bits per heavy atom. The lowest BCUT2D eigenvalue weighted by Crippen LogP contribution is -2.17. The summed E-state index contributed by atoms with van der Waals surface area (Å²) >= 11 is 1.51.